The van der Waals surface area contributed by atoms with Gasteiger partial charge in [0.25, 0.3) is 0 Å². The van der Waals surface area contributed by atoms with Gasteiger partial charge in [0.2, 0.25) is 0 Å². The van der Waals surface area contributed by atoms with Crippen molar-refractivity contribution in [1.82, 2.24) is 10.6 Å². The Hall–Kier alpha value is -0.500. The number of aliphatic imine (C=N–C) groups is 1. The SMILES string of the molecule is CN=C(NCCc1ccccc1F)NCC(C)SC.I. The molecule has 1 unspecified atom stereocenters. The maximum Gasteiger partial charge on any atom is 0.191 e. The van der Waals surface area contributed by atoms with Gasteiger partial charge >= 0.3 is 0 Å². The maximum absolute atomic E-state index is 13.4. The molecule has 3 nitrogen and oxygen atoms in total. The molecule has 1 atom stereocenters. The third-order valence-corrected chi connectivity index (χ3v) is 3.80. The van der Waals surface area contributed by atoms with Crippen LogP contribution in [0.5, 0.6) is 0 Å². The molecule has 0 aliphatic heterocycles. The van der Waals surface area contributed by atoms with E-state index in [9.17, 15) is 4.39 Å². The first-order chi connectivity index (χ1) is 9.17. The van der Waals surface area contributed by atoms with Crippen LogP contribution in [0.3, 0.4) is 0 Å². The summed E-state index contributed by atoms with van der Waals surface area (Å²) in [5.41, 5.74) is 0.725. The molecule has 6 heteroatoms. The molecule has 0 fully saturated rings. The standard InChI is InChI=1S/C14H22FN3S.HI/c1-11(19-3)10-18-14(16-2)17-9-8-12-6-4-5-7-13(12)15;/h4-7,11H,8-10H2,1-3H3,(H2,16,17,18);1H. The monoisotopic (exact) mass is 411 g/mol. The Labute approximate surface area is 142 Å². The van der Waals surface area contributed by atoms with Crippen molar-refractivity contribution in [3.8, 4) is 0 Å². The zero-order valence-corrected chi connectivity index (χ0v) is 15.3. The zero-order chi connectivity index (χ0) is 14.1. The van der Waals surface area contributed by atoms with Crippen LogP contribution in [0.4, 0.5) is 4.39 Å². The van der Waals surface area contributed by atoms with E-state index in [0.29, 0.717) is 18.2 Å². The second-order valence-electron chi connectivity index (χ2n) is 4.27. The van der Waals surface area contributed by atoms with Gasteiger partial charge in [-0.05, 0) is 24.3 Å². The van der Waals surface area contributed by atoms with Gasteiger partial charge in [-0.3, -0.25) is 4.99 Å². The zero-order valence-electron chi connectivity index (χ0n) is 12.1. The lowest BCUT2D eigenvalue weighted by atomic mass is 10.1. The van der Waals surface area contributed by atoms with Crippen LogP contribution in [0.2, 0.25) is 0 Å². The van der Waals surface area contributed by atoms with Crippen LogP contribution in [0.25, 0.3) is 0 Å². The molecule has 114 valence electrons. The van der Waals surface area contributed by atoms with E-state index in [4.69, 9.17) is 0 Å². The molecule has 0 aliphatic carbocycles. The van der Waals surface area contributed by atoms with Crippen molar-refractivity contribution in [3.05, 3.63) is 35.6 Å². The minimum Gasteiger partial charge on any atom is -0.356 e. The molecule has 1 aromatic carbocycles. The average molecular weight is 411 g/mol. The predicted molar refractivity (Wildman–Crippen MR) is 97.9 cm³/mol. The molecular weight excluding hydrogens is 388 g/mol. The highest BCUT2D eigenvalue weighted by Gasteiger charge is 2.03. The van der Waals surface area contributed by atoms with E-state index in [0.717, 1.165) is 18.1 Å². The van der Waals surface area contributed by atoms with Crippen LogP contribution in [0, 0.1) is 5.82 Å². The first-order valence-corrected chi connectivity index (χ1v) is 7.67. The Morgan fingerprint density at radius 1 is 1.35 bits per heavy atom. The number of benzene rings is 1. The molecular formula is C14H23FIN3S. The summed E-state index contributed by atoms with van der Waals surface area (Å²) in [5.74, 6) is 0.612. The summed E-state index contributed by atoms with van der Waals surface area (Å²) in [7, 11) is 1.74. The molecule has 20 heavy (non-hydrogen) atoms. The minimum absolute atomic E-state index is 0. The lowest BCUT2D eigenvalue weighted by Gasteiger charge is -2.14. The second kappa shape index (κ2) is 11.2. The number of thioether (sulfide) groups is 1. The fourth-order valence-corrected chi connectivity index (χ4v) is 1.81. The molecule has 0 spiro atoms. The molecule has 0 amide bonds. The van der Waals surface area contributed by atoms with E-state index in [2.05, 4.69) is 28.8 Å². The van der Waals surface area contributed by atoms with Gasteiger partial charge in [-0.25, -0.2) is 4.39 Å². The van der Waals surface area contributed by atoms with Gasteiger partial charge in [0.1, 0.15) is 5.82 Å². The third kappa shape index (κ3) is 7.33. The summed E-state index contributed by atoms with van der Waals surface area (Å²) >= 11 is 1.81. The normalized spacial score (nSPS) is 12.5. The number of nitrogens with zero attached hydrogens (tertiary/aromatic N) is 1. The summed E-state index contributed by atoms with van der Waals surface area (Å²) in [6, 6.07) is 6.85. The van der Waals surface area contributed by atoms with E-state index in [1.54, 1.807) is 24.9 Å². The highest BCUT2D eigenvalue weighted by Crippen LogP contribution is 2.06. The Morgan fingerprint density at radius 2 is 2.05 bits per heavy atom. The van der Waals surface area contributed by atoms with Crippen LogP contribution in [-0.2, 0) is 6.42 Å². The van der Waals surface area contributed by atoms with Crippen molar-refractivity contribution in [2.45, 2.75) is 18.6 Å². The van der Waals surface area contributed by atoms with Crippen molar-refractivity contribution in [1.29, 1.82) is 0 Å². The fraction of sp³-hybridized carbons (Fsp3) is 0.500. The summed E-state index contributed by atoms with van der Waals surface area (Å²) in [5, 5.41) is 6.97. The second-order valence-corrected chi connectivity index (χ2v) is 5.54. The lowest BCUT2D eigenvalue weighted by Crippen LogP contribution is -2.40. The van der Waals surface area contributed by atoms with Crippen LogP contribution in [0.1, 0.15) is 12.5 Å². The van der Waals surface area contributed by atoms with Crippen LogP contribution < -0.4 is 10.6 Å². The molecule has 0 radical (unpaired) electrons. The molecule has 1 rings (SSSR count). The van der Waals surface area contributed by atoms with Gasteiger partial charge < -0.3 is 10.6 Å². The number of nitrogens with one attached hydrogen (secondary N) is 2. The Bertz CT molecular complexity index is 415. The number of guanidine groups is 1. The topological polar surface area (TPSA) is 36.4 Å². The number of halogens is 2. The minimum atomic E-state index is -0.150. The largest absolute Gasteiger partial charge is 0.356 e. The molecule has 0 bridgehead atoms. The Morgan fingerprint density at radius 3 is 2.65 bits per heavy atom. The molecule has 2 N–H and O–H groups in total. The molecule has 0 heterocycles. The molecule has 0 saturated heterocycles. The predicted octanol–water partition coefficient (Wildman–Crippen LogP) is 2.90. The smallest absolute Gasteiger partial charge is 0.191 e. The fourth-order valence-electron chi connectivity index (χ4n) is 1.56. The van der Waals surface area contributed by atoms with E-state index < -0.39 is 0 Å². The number of rotatable bonds is 6. The summed E-state index contributed by atoms with van der Waals surface area (Å²) in [6.07, 6.45) is 2.73. The Balaban J connectivity index is 0.00000361. The highest BCUT2D eigenvalue weighted by atomic mass is 127. The van der Waals surface area contributed by atoms with Crippen molar-refractivity contribution >= 4 is 41.7 Å². The van der Waals surface area contributed by atoms with Gasteiger partial charge in [0, 0.05) is 25.4 Å². The van der Waals surface area contributed by atoms with Crippen LogP contribution in [-0.4, -0.2) is 37.6 Å². The summed E-state index contributed by atoms with van der Waals surface area (Å²) in [6.45, 7) is 3.68. The summed E-state index contributed by atoms with van der Waals surface area (Å²) < 4.78 is 13.4. The van der Waals surface area contributed by atoms with E-state index >= 15 is 0 Å². The lowest BCUT2D eigenvalue weighted by molar-refractivity contribution is 0.606. The van der Waals surface area contributed by atoms with Crippen molar-refractivity contribution in [2.24, 2.45) is 4.99 Å². The first-order valence-electron chi connectivity index (χ1n) is 6.38. The third-order valence-electron chi connectivity index (χ3n) is 2.83. The highest BCUT2D eigenvalue weighted by molar-refractivity contribution is 14.0. The van der Waals surface area contributed by atoms with E-state index in [-0.39, 0.29) is 29.8 Å². The maximum atomic E-state index is 13.4. The Kier molecular flexibility index (Phi) is 10.9. The van der Waals surface area contributed by atoms with Gasteiger partial charge in [0.05, 0.1) is 0 Å². The number of hydrogen-bond acceptors (Lipinski definition) is 2. The van der Waals surface area contributed by atoms with Crippen molar-refractivity contribution < 1.29 is 4.39 Å². The first kappa shape index (κ1) is 19.5. The molecule has 0 aromatic heterocycles. The molecule has 1 aromatic rings. The summed E-state index contributed by atoms with van der Waals surface area (Å²) in [4.78, 5) is 4.14. The number of hydrogen-bond donors (Lipinski definition) is 2. The van der Waals surface area contributed by atoms with Crippen LogP contribution >= 0.6 is 35.7 Å². The quantitative estimate of drug-likeness (QED) is 0.430. The average Bonchev–Trinajstić information content (AvgIpc) is 2.44. The van der Waals surface area contributed by atoms with E-state index in [1.807, 2.05) is 12.1 Å². The van der Waals surface area contributed by atoms with Gasteiger partial charge in [-0.1, -0.05) is 25.1 Å². The van der Waals surface area contributed by atoms with Crippen molar-refractivity contribution in [3.63, 3.8) is 0 Å². The molecule has 0 aliphatic rings. The van der Waals surface area contributed by atoms with Gasteiger partial charge in [-0.15, -0.1) is 24.0 Å². The van der Waals surface area contributed by atoms with Gasteiger partial charge in [-0.2, -0.15) is 11.8 Å². The van der Waals surface area contributed by atoms with E-state index in [1.165, 1.54) is 6.07 Å². The van der Waals surface area contributed by atoms with Crippen LogP contribution in [0.15, 0.2) is 29.3 Å². The molecule has 0 saturated carbocycles. The van der Waals surface area contributed by atoms with Crippen molar-refractivity contribution in [2.75, 3.05) is 26.4 Å². The van der Waals surface area contributed by atoms with Gasteiger partial charge in [0.15, 0.2) is 5.96 Å².